The predicted octanol–water partition coefficient (Wildman–Crippen LogP) is 3.21. The molecule has 1 rings (SSSR count). The van der Waals surface area contributed by atoms with Gasteiger partial charge in [-0.15, -0.1) is 0 Å². The number of carboxylic acid groups (broad SMARTS) is 1. The lowest BCUT2D eigenvalue weighted by molar-refractivity contribution is -0.149. The summed E-state index contributed by atoms with van der Waals surface area (Å²) >= 11 is 6.05. The Hall–Kier alpha value is -1.57. The van der Waals surface area contributed by atoms with E-state index in [1.54, 1.807) is 19.1 Å². The molecule has 0 radical (unpaired) electrons. The minimum Gasteiger partial charge on any atom is -0.481 e. The average molecular weight is 282 g/mol. The molecule has 0 heterocycles. The van der Waals surface area contributed by atoms with Crippen LogP contribution >= 0.6 is 11.6 Å². The normalized spacial score (nSPS) is 12.8. The summed E-state index contributed by atoms with van der Waals surface area (Å²) in [5.41, 5.74) is 0.430. The number of halogens is 1. The summed E-state index contributed by atoms with van der Waals surface area (Å²) in [6.45, 7) is 11.6. The molecule has 19 heavy (non-hydrogen) atoms. The molecule has 2 N–H and O–H groups in total. The highest BCUT2D eigenvalue weighted by atomic mass is 35.5. The van der Waals surface area contributed by atoms with Gasteiger partial charge in [0, 0.05) is 0 Å². The number of carbonyl (C=O) groups is 1. The van der Waals surface area contributed by atoms with Crippen molar-refractivity contribution in [3.8, 4) is 0 Å². The van der Waals surface area contributed by atoms with Crippen LogP contribution in [0.5, 0.6) is 0 Å². The second-order valence-electron chi connectivity index (χ2n) is 5.04. The Bertz CT molecular complexity index is 541. The largest absolute Gasteiger partial charge is 0.481 e. The van der Waals surface area contributed by atoms with E-state index < -0.39 is 17.5 Å². The van der Waals surface area contributed by atoms with Crippen LogP contribution in [0.1, 0.15) is 25.0 Å². The Morgan fingerprint density at radius 1 is 1.53 bits per heavy atom. The number of benzene rings is 1. The lowest BCUT2D eigenvalue weighted by atomic mass is 9.84. The quantitative estimate of drug-likeness (QED) is 0.833. The topological polar surface area (TPSA) is 61.9 Å². The first-order chi connectivity index (χ1) is 8.68. The summed E-state index contributed by atoms with van der Waals surface area (Å²) in [5.74, 6) is -1.99. The van der Waals surface area contributed by atoms with E-state index in [2.05, 4.69) is 4.85 Å². The molecule has 0 aliphatic heterocycles. The van der Waals surface area contributed by atoms with Gasteiger partial charge in [0.15, 0.2) is 0 Å². The maximum Gasteiger partial charge on any atom is 0.309 e. The Morgan fingerprint density at radius 2 is 2.11 bits per heavy atom. The molecule has 102 valence electrons. The van der Waals surface area contributed by atoms with Gasteiger partial charge in [0.1, 0.15) is 0 Å². The fraction of sp³-hybridized carbons (Fsp3) is 0.429. The molecule has 4 nitrogen and oxygen atoms in total. The molecule has 0 saturated carbocycles. The summed E-state index contributed by atoms with van der Waals surface area (Å²) in [5, 5.41) is 19.4. The van der Waals surface area contributed by atoms with Crippen molar-refractivity contribution in [1.82, 2.24) is 0 Å². The lowest BCUT2D eigenvalue weighted by Crippen LogP contribution is -2.38. The van der Waals surface area contributed by atoms with Gasteiger partial charge in [-0.05, 0) is 38.3 Å². The second-order valence-corrected chi connectivity index (χ2v) is 5.42. The third-order valence-electron chi connectivity index (χ3n) is 3.17. The van der Waals surface area contributed by atoms with E-state index in [0.717, 1.165) is 5.56 Å². The Balaban J connectivity index is 3.16. The Kier molecular flexibility index (Phi) is 4.56. The van der Waals surface area contributed by atoms with Gasteiger partial charge in [0.2, 0.25) is 5.69 Å². The van der Waals surface area contributed by atoms with Crippen LogP contribution in [0.4, 0.5) is 5.69 Å². The molecule has 1 aromatic rings. The fourth-order valence-electron chi connectivity index (χ4n) is 1.88. The van der Waals surface area contributed by atoms with Gasteiger partial charge in [-0.25, -0.2) is 4.85 Å². The molecule has 0 aromatic heterocycles. The number of aliphatic hydroxyl groups is 1. The van der Waals surface area contributed by atoms with Crippen molar-refractivity contribution in [2.75, 3.05) is 0 Å². The standard InChI is InChI=1S/C14H16ClNO3/c1-8-9(5-6-11(16-4)12(8)15)7-10(13(17)18)14(2,3)19/h5-6,10,19H,7H2,1-3H3,(H,17,18)/t10-/m0/s1. The molecular formula is C14H16ClNO3. The van der Waals surface area contributed by atoms with Crippen LogP contribution in [-0.2, 0) is 11.2 Å². The SMILES string of the molecule is [C-]#[N+]c1ccc(C[C@@H](C(=O)O)C(C)(C)O)c(C)c1Cl. The van der Waals surface area contributed by atoms with Crippen molar-refractivity contribution in [2.24, 2.45) is 5.92 Å². The number of hydrogen-bond acceptors (Lipinski definition) is 2. The summed E-state index contributed by atoms with van der Waals surface area (Å²) in [6, 6.07) is 3.26. The van der Waals surface area contributed by atoms with E-state index in [1.807, 2.05) is 0 Å². The highest BCUT2D eigenvalue weighted by Gasteiger charge is 2.33. The Morgan fingerprint density at radius 3 is 2.53 bits per heavy atom. The smallest absolute Gasteiger partial charge is 0.309 e. The zero-order valence-corrected chi connectivity index (χ0v) is 11.8. The number of nitrogens with zero attached hydrogens (tertiary/aromatic N) is 1. The van der Waals surface area contributed by atoms with Gasteiger partial charge in [-0.2, -0.15) is 0 Å². The first-order valence-electron chi connectivity index (χ1n) is 5.79. The van der Waals surface area contributed by atoms with Crippen LogP contribution in [0.2, 0.25) is 5.02 Å². The summed E-state index contributed by atoms with van der Waals surface area (Å²) in [6.07, 6.45) is 0.169. The van der Waals surface area contributed by atoms with Gasteiger partial charge >= 0.3 is 5.97 Å². The molecule has 0 aliphatic rings. The van der Waals surface area contributed by atoms with Crippen LogP contribution in [0.3, 0.4) is 0 Å². The molecule has 5 heteroatoms. The van der Waals surface area contributed by atoms with E-state index in [-0.39, 0.29) is 6.42 Å². The van der Waals surface area contributed by atoms with E-state index in [0.29, 0.717) is 16.3 Å². The first-order valence-corrected chi connectivity index (χ1v) is 6.17. The van der Waals surface area contributed by atoms with Gasteiger partial charge in [-0.3, -0.25) is 4.79 Å². The summed E-state index contributed by atoms with van der Waals surface area (Å²) in [4.78, 5) is 14.5. The molecule has 0 spiro atoms. The lowest BCUT2D eigenvalue weighted by Gasteiger charge is -2.26. The molecule has 0 unspecified atom stereocenters. The van der Waals surface area contributed by atoms with Crippen molar-refractivity contribution >= 4 is 23.3 Å². The van der Waals surface area contributed by atoms with Gasteiger partial charge in [-0.1, -0.05) is 23.7 Å². The number of aliphatic carboxylic acids is 1. The van der Waals surface area contributed by atoms with Crippen molar-refractivity contribution in [1.29, 1.82) is 0 Å². The minimum atomic E-state index is -1.33. The van der Waals surface area contributed by atoms with Crippen LogP contribution < -0.4 is 0 Å². The van der Waals surface area contributed by atoms with E-state index >= 15 is 0 Å². The molecule has 0 bridgehead atoms. The molecule has 0 saturated heterocycles. The zero-order chi connectivity index (χ0) is 14.8. The predicted molar refractivity (Wildman–Crippen MR) is 73.6 cm³/mol. The minimum absolute atomic E-state index is 0.169. The van der Waals surface area contributed by atoms with Gasteiger partial charge in [0.25, 0.3) is 0 Å². The molecule has 0 amide bonds. The summed E-state index contributed by atoms with van der Waals surface area (Å²) in [7, 11) is 0. The molecule has 1 aromatic carbocycles. The van der Waals surface area contributed by atoms with Crippen molar-refractivity contribution in [3.63, 3.8) is 0 Å². The van der Waals surface area contributed by atoms with E-state index in [4.69, 9.17) is 18.2 Å². The highest BCUT2D eigenvalue weighted by molar-refractivity contribution is 6.34. The maximum atomic E-state index is 11.2. The average Bonchev–Trinajstić information content (AvgIpc) is 2.29. The van der Waals surface area contributed by atoms with Gasteiger partial charge < -0.3 is 10.2 Å². The zero-order valence-electron chi connectivity index (χ0n) is 11.1. The van der Waals surface area contributed by atoms with Crippen LogP contribution in [0.15, 0.2) is 12.1 Å². The molecule has 0 aliphatic carbocycles. The van der Waals surface area contributed by atoms with Crippen LogP contribution in [-0.4, -0.2) is 21.8 Å². The molecular weight excluding hydrogens is 266 g/mol. The number of hydrogen-bond donors (Lipinski definition) is 2. The second kappa shape index (κ2) is 5.60. The van der Waals surface area contributed by atoms with E-state index in [1.165, 1.54) is 13.8 Å². The van der Waals surface area contributed by atoms with Crippen LogP contribution in [0.25, 0.3) is 4.85 Å². The van der Waals surface area contributed by atoms with Crippen LogP contribution in [0, 0.1) is 19.4 Å². The summed E-state index contributed by atoms with van der Waals surface area (Å²) < 4.78 is 0. The molecule has 1 atom stereocenters. The first kappa shape index (κ1) is 15.5. The van der Waals surface area contributed by atoms with Crippen molar-refractivity contribution in [2.45, 2.75) is 32.8 Å². The van der Waals surface area contributed by atoms with Crippen molar-refractivity contribution < 1.29 is 15.0 Å². The number of rotatable bonds is 4. The maximum absolute atomic E-state index is 11.2. The van der Waals surface area contributed by atoms with Crippen molar-refractivity contribution in [3.05, 3.63) is 39.7 Å². The third-order valence-corrected chi connectivity index (χ3v) is 3.65. The number of carboxylic acids is 1. The fourth-order valence-corrected chi connectivity index (χ4v) is 2.10. The molecule has 0 fully saturated rings. The van der Waals surface area contributed by atoms with E-state index in [9.17, 15) is 15.0 Å². The monoisotopic (exact) mass is 281 g/mol. The highest BCUT2D eigenvalue weighted by Crippen LogP contribution is 2.33. The third kappa shape index (κ3) is 3.46. The van der Waals surface area contributed by atoms with Gasteiger partial charge in [0.05, 0.1) is 23.1 Å². The Labute approximate surface area is 117 Å².